The molecule has 49 heavy (non-hydrogen) atoms. The van der Waals surface area contributed by atoms with Crippen LogP contribution in [0.3, 0.4) is 0 Å². The van der Waals surface area contributed by atoms with Crippen LogP contribution in [-0.2, 0) is 25.7 Å². The zero-order chi connectivity index (χ0) is 35.1. The van der Waals surface area contributed by atoms with Gasteiger partial charge in [-0.1, -0.05) is 57.6 Å². The van der Waals surface area contributed by atoms with Crippen molar-refractivity contribution in [3.8, 4) is 23.0 Å². The largest absolute Gasteiger partial charge is 0.493 e. The number of rotatable bonds is 13. The van der Waals surface area contributed by atoms with Crippen LogP contribution >= 0.6 is 27.3 Å². The van der Waals surface area contributed by atoms with Crippen LogP contribution in [0.15, 0.2) is 86.2 Å². The first-order valence-corrected chi connectivity index (χ1v) is 17.0. The molecule has 3 aromatic carbocycles. The van der Waals surface area contributed by atoms with E-state index in [4.69, 9.17) is 28.4 Å². The lowest BCUT2D eigenvalue weighted by Crippen LogP contribution is -2.40. The Morgan fingerprint density at radius 1 is 0.959 bits per heavy atom. The third-order valence-corrected chi connectivity index (χ3v) is 9.00. The fraction of sp³-hybridized carbons (Fsp3) is 0.278. The van der Waals surface area contributed by atoms with Crippen LogP contribution in [0.5, 0.6) is 23.0 Å². The molecule has 1 aliphatic heterocycles. The molecule has 1 aliphatic rings. The number of carbonyl (C=O) groups is 2. The minimum Gasteiger partial charge on any atom is -0.493 e. The molecule has 0 saturated carbocycles. The van der Waals surface area contributed by atoms with Crippen molar-refractivity contribution in [1.82, 2.24) is 4.57 Å². The van der Waals surface area contributed by atoms with Crippen molar-refractivity contribution in [2.45, 2.75) is 33.4 Å². The number of halogens is 1. The number of nitrogens with zero attached hydrogens (tertiary/aromatic N) is 2. The lowest BCUT2D eigenvalue weighted by atomic mass is 9.95. The molecule has 5 rings (SSSR count). The van der Waals surface area contributed by atoms with Gasteiger partial charge in [0.15, 0.2) is 34.4 Å². The van der Waals surface area contributed by atoms with Gasteiger partial charge in [-0.15, -0.1) is 0 Å². The van der Waals surface area contributed by atoms with Crippen LogP contribution in [-0.4, -0.2) is 50.5 Å². The fourth-order valence-corrected chi connectivity index (χ4v) is 6.53. The molecule has 0 aliphatic carbocycles. The lowest BCUT2D eigenvalue weighted by molar-refractivity contribution is -0.143. The third kappa shape index (κ3) is 7.89. The van der Waals surface area contributed by atoms with Crippen LogP contribution in [0.1, 0.15) is 43.5 Å². The Bertz CT molecular complexity index is 2070. The van der Waals surface area contributed by atoms with Gasteiger partial charge in [-0.2, -0.15) is 0 Å². The summed E-state index contributed by atoms with van der Waals surface area (Å²) in [6.45, 7) is 5.62. The molecule has 1 atom stereocenters. The van der Waals surface area contributed by atoms with Gasteiger partial charge in [0.1, 0.15) is 6.61 Å². The molecule has 1 aromatic heterocycles. The Balaban J connectivity index is 1.63. The quantitative estimate of drug-likeness (QED) is 0.172. The van der Waals surface area contributed by atoms with Gasteiger partial charge < -0.3 is 28.4 Å². The van der Waals surface area contributed by atoms with Crippen LogP contribution in [0.25, 0.3) is 6.08 Å². The number of methoxy groups -OCH3 is 2. The van der Waals surface area contributed by atoms with Crippen molar-refractivity contribution < 1.29 is 38.0 Å². The van der Waals surface area contributed by atoms with Gasteiger partial charge in [0.25, 0.3) is 5.56 Å². The number of hydrogen-bond donors (Lipinski definition) is 0. The molecule has 0 spiro atoms. The Hall–Kier alpha value is -4.88. The number of aromatic nitrogens is 1. The lowest BCUT2D eigenvalue weighted by Gasteiger charge is -2.25. The number of esters is 2. The van der Waals surface area contributed by atoms with Gasteiger partial charge in [0.05, 0.1) is 49.3 Å². The second-order valence-corrected chi connectivity index (χ2v) is 12.5. The summed E-state index contributed by atoms with van der Waals surface area (Å²) in [5.74, 6) is 0.462. The first kappa shape index (κ1) is 35.4. The number of fused-ring (bicyclic) bond motifs is 1. The SMILES string of the molecule is CCOC(=O)C1=C(C)N=c2s/c(=C/c3cccc(OC)c3OCc3ccc(Br)cc3)c(=O)n2[C@H]1c1ccc(OCC(=O)OC)c(OCC)c1. The summed E-state index contributed by atoms with van der Waals surface area (Å²) in [4.78, 5) is 44.6. The maximum absolute atomic E-state index is 14.3. The molecular weight excluding hydrogens is 716 g/mol. The summed E-state index contributed by atoms with van der Waals surface area (Å²) in [5, 5.41) is 0. The Morgan fingerprint density at radius 2 is 1.73 bits per heavy atom. The summed E-state index contributed by atoms with van der Waals surface area (Å²) in [5.41, 5.74) is 2.40. The van der Waals surface area contributed by atoms with Crippen LogP contribution in [0.4, 0.5) is 0 Å². The third-order valence-electron chi connectivity index (χ3n) is 7.49. The fourth-order valence-electron chi connectivity index (χ4n) is 5.22. The van der Waals surface area contributed by atoms with E-state index in [2.05, 4.69) is 20.9 Å². The summed E-state index contributed by atoms with van der Waals surface area (Å²) in [6, 6.07) is 17.4. The van der Waals surface area contributed by atoms with E-state index in [-0.39, 0.29) is 31.0 Å². The Kier molecular flexibility index (Phi) is 11.6. The van der Waals surface area contributed by atoms with E-state index in [1.165, 1.54) is 23.0 Å². The normalized spacial score (nSPS) is 14.1. The molecule has 0 unspecified atom stereocenters. The standard InChI is InChI=1S/C36H35BrN2O9S/c1-6-45-28-17-23(13-16-26(28)47-20-30(40)44-5)32-31(35(42)46-7-2)21(3)38-36-39(32)34(41)29(49-36)18-24-9-8-10-27(43-4)33(24)48-19-22-11-14-25(37)15-12-22/h8-18,32H,6-7,19-20H2,1-5H3/b29-18+/t32-/m0/s1. The number of thiazole rings is 1. The number of hydrogen-bond acceptors (Lipinski definition) is 11. The molecule has 0 N–H and O–H groups in total. The molecular formula is C36H35BrN2O9S. The second-order valence-electron chi connectivity index (χ2n) is 10.6. The van der Waals surface area contributed by atoms with Crippen LogP contribution in [0.2, 0.25) is 0 Å². The van der Waals surface area contributed by atoms with Crippen LogP contribution < -0.4 is 33.8 Å². The van der Waals surface area contributed by atoms with E-state index in [1.54, 1.807) is 51.3 Å². The molecule has 0 fully saturated rings. The average Bonchev–Trinajstić information content (AvgIpc) is 3.40. The summed E-state index contributed by atoms with van der Waals surface area (Å²) >= 11 is 4.64. The zero-order valence-corrected chi connectivity index (χ0v) is 30.0. The predicted molar refractivity (Wildman–Crippen MR) is 187 cm³/mol. The van der Waals surface area contributed by atoms with Crippen molar-refractivity contribution in [3.05, 3.63) is 113 Å². The molecule has 0 radical (unpaired) electrons. The molecule has 0 amide bonds. The average molecular weight is 752 g/mol. The van der Waals surface area contributed by atoms with Gasteiger partial charge in [-0.3, -0.25) is 9.36 Å². The second kappa shape index (κ2) is 16.0. The molecule has 0 saturated heterocycles. The Labute approximate surface area is 295 Å². The van der Waals surface area contributed by atoms with E-state index in [1.807, 2.05) is 43.3 Å². The number of para-hydroxylation sites is 1. The molecule has 256 valence electrons. The first-order valence-electron chi connectivity index (χ1n) is 15.4. The van der Waals surface area contributed by atoms with Gasteiger partial charge in [0, 0.05) is 10.0 Å². The summed E-state index contributed by atoms with van der Waals surface area (Å²) in [7, 11) is 2.83. The van der Waals surface area contributed by atoms with Crippen molar-refractivity contribution >= 4 is 45.3 Å². The molecule has 11 nitrogen and oxygen atoms in total. The molecule has 13 heteroatoms. The zero-order valence-electron chi connectivity index (χ0n) is 27.6. The minimum absolute atomic E-state index is 0.135. The van der Waals surface area contributed by atoms with Gasteiger partial charge in [0.2, 0.25) is 0 Å². The van der Waals surface area contributed by atoms with E-state index >= 15 is 0 Å². The molecule has 4 aromatic rings. The summed E-state index contributed by atoms with van der Waals surface area (Å²) in [6.07, 6.45) is 1.74. The van der Waals surface area contributed by atoms with Crippen molar-refractivity contribution in [1.29, 1.82) is 0 Å². The minimum atomic E-state index is -0.898. The number of benzene rings is 3. The van der Waals surface area contributed by atoms with Crippen molar-refractivity contribution in [2.24, 2.45) is 4.99 Å². The van der Waals surface area contributed by atoms with E-state index in [0.717, 1.165) is 10.0 Å². The highest BCUT2D eigenvalue weighted by molar-refractivity contribution is 9.10. The predicted octanol–water partition coefficient (Wildman–Crippen LogP) is 5.10. The maximum atomic E-state index is 14.3. The summed E-state index contributed by atoms with van der Waals surface area (Å²) < 4.78 is 36.3. The van der Waals surface area contributed by atoms with Crippen molar-refractivity contribution in [2.75, 3.05) is 34.0 Å². The highest BCUT2D eigenvalue weighted by Crippen LogP contribution is 2.37. The van der Waals surface area contributed by atoms with E-state index in [9.17, 15) is 14.4 Å². The molecule has 2 heterocycles. The highest BCUT2D eigenvalue weighted by atomic mass is 79.9. The highest BCUT2D eigenvalue weighted by Gasteiger charge is 2.34. The molecule has 0 bridgehead atoms. The monoisotopic (exact) mass is 750 g/mol. The smallest absolute Gasteiger partial charge is 0.343 e. The van der Waals surface area contributed by atoms with E-state index in [0.29, 0.717) is 55.8 Å². The maximum Gasteiger partial charge on any atom is 0.343 e. The van der Waals surface area contributed by atoms with E-state index < -0.39 is 18.0 Å². The van der Waals surface area contributed by atoms with Gasteiger partial charge in [-0.05, 0) is 68.3 Å². The number of ether oxygens (including phenoxy) is 6. The van der Waals surface area contributed by atoms with Crippen molar-refractivity contribution in [3.63, 3.8) is 0 Å². The number of carbonyl (C=O) groups excluding carboxylic acids is 2. The topological polar surface area (TPSA) is 124 Å². The Morgan fingerprint density at radius 3 is 2.43 bits per heavy atom. The van der Waals surface area contributed by atoms with Gasteiger partial charge in [-0.25, -0.2) is 14.6 Å². The first-order chi connectivity index (χ1) is 23.7. The number of allylic oxidation sites excluding steroid dienone is 1. The van der Waals surface area contributed by atoms with Gasteiger partial charge >= 0.3 is 11.9 Å². The van der Waals surface area contributed by atoms with Crippen LogP contribution in [0, 0.1) is 0 Å².